The predicted octanol–water partition coefficient (Wildman–Crippen LogP) is 6.50. The fourth-order valence-electron chi connectivity index (χ4n) is 4.31. The molecule has 1 N–H and O–H groups in total. The first kappa shape index (κ1) is 25.3. The minimum Gasteiger partial charge on any atom is -0.507 e. The van der Waals surface area contributed by atoms with Gasteiger partial charge >= 0.3 is 0 Å². The van der Waals surface area contributed by atoms with Crippen LogP contribution in [0.4, 0.5) is 5.69 Å². The fraction of sp³-hybridized carbons (Fsp3) is 0.241. The molecule has 3 aromatic carbocycles. The number of hydrogen-bond acceptors (Lipinski definition) is 5. The molecule has 1 aliphatic heterocycles. The molecule has 0 radical (unpaired) electrons. The third-order valence-corrected chi connectivity index (χ3v) is 6.53. The molecule has 1 atom stereocenters. The van der Waals surface area contributed by atoms with Crippen molar-refractivity contribution < 1.29 is 24.2 Å². The molecule has 1 heterocycles. The number of aliphatic hydroxyl groups is 1. The summed E-state index contributed by atoms with van der Waals surface area (Å²) in [5, 5.41) is 11.7. The average molecular weight is 506 g/mol. The number of benzene rings is 3. The second-order valence-corrected chi connectivity index (χ2v) is 9.17. The Labute approximate surface area is 215 Å². The number of methoxy groups -OCH3 is 1. The number of amides is 1. The maximum absolute atomic E-state index is 13.4. The van der Waals surface area contributed by atoms with Crippen LogP contribution in [0, 0.1) is 0 Å². The minimum absolute atomic E-state index is 0.00411. The van der Waals surface area contributed by atoms with Crippen LogP contribution in [-0.4, -0.2) is 30.5 Å². The monoisotopic (exact) mass is 505 g/mol. The van der Waals surface area contributed by atoms with Gasteiger partial charge in [0.15, 0.2) is 0 Å². The smallest absolute Gasteiger partial charge is 0.300 e. The third-order valence-electron chi connectivity index (χ3n) is 6.21. The van der Waals surface area contributed by atoms with Crippen LogP contribution >= 0.6 is 11.6 Å². The van der Waals surface area contributed by atoms with Gasteiger partial charge in [-0.05, 0) is 66.4 Å². The first-order valence-electron chi connectivity index (χ1n) is 11.7. The molecule has 1 aliphatic rings. The summed E-state index contributed by atoms with van der Waals surface area (Å²) < 4.78 is 10.8. The summed E-state index contributed by atoms with van der Waals surface area (Å²) in [4.78, 5) is 28.1. The fourth-order valence-corrected chi connectivity index (χ4v) is 4.50. The lowest BCUT2D eigenvalue weighted by Gasteiger charge is -2.26. The van der Waals surface area contributed by atoms with Gasteiger partial charge in [-0.25, -0.2) is 0 Å². The van der Waals surface area contributed by atoms with Crippen molar-refractivity contribution in [3.63, 3.8) is 0 Å². The Morgan fingerprint density at radius 1 is 1.03 bits per heavy atom. The molecule has 0 aliphatic carbocycles. The Kier molecular flexibility index (Phi) is 7.36. The zero-order valence-electron chi connectivity index (χ0n) is 20.6. The van der Waals surface area contributed by atoms with Crippen LogP contribution in [0.5, 0.6) is 11.5 Å². The van der Waals surface area contributed by atoms with Crippen LogP contribution in [0.25, 0.3) is 5.76 Å². The highest BCUT2D eigenvalue weighted by atomic mass is 35.5. The zero-order chi connectivity index (χ0) is 26.0. The summed E-state index contributed by atoms with van der Waals surface area (Å²) in [7, 11) is 1.46. The van der Waals surface area contributed by atoms with Crippen molar-refractivity contribution in [2.75, 3.05) is 18.6 Å². The molecule has 0 bridgehead atoms. The van der Waals surface area contributed by atoms with E-state index in [-0.39, 0.29) is 11.3 Å². The SMILES string of the molecule is CCOc1ccc(N2C(=O)C(=O)/C(=C(\O)c3ccc(Cl)c(OC)c3)C2c2ccc(C(C)C)cc2)cc1. The summed E-state index contributed by atoms with van der Waals surface area (Å²) in [6, 6.07) is 18.6. The largest absolute Gasteiger partial charge is 0.507 e. The standard InChI is InChI=1S/C29H28ClNO5/c1-5-36-22-13-11-21(12-14-22)31-26(19-8-6-18(7-9-19)17(2)3)25(28(33)29(31)34)27(32)20-10-15-23(30)24(16-20)35-4/h6-17,26,32H,5H2,1-4H3/b27-25-. The molecular weight excluding hydrogens is 478 g/mol. The number of hydrogen-bond donors (Lipinski definition) is 1. The van der Waals surface area contributed by atoms with E-state index >= 15 is 0 Å². The number of aliphatic hydroxyl groups excluding tert-OH is 1. The number of anilines is 1. The van der Waals surface area contributed by atoms with E-state index in [0.717, 1.165) is 5.56 Å². The van der Waals surface area contributed by atoms with Gasteiger partial charge < -0.3 is 14.6 Å². The maximum atomic E-state index is 13.4. The zero-order valence-corrected chi connectivity index (χ0v) is 21.4. The molecule has 6 nitrogen and oxygen atoms in total. The second-order valence-electron chi connectivity index (χ2n) is 8.77. The average Bonchev–Trinajstić information content (AvgIpc) is 3.15. The summed E-state index contributed by atoms with van der Waals surface area (Å²) in [6.45, 7) is 6.58. The van der Waals surface area contributed by atoms with Gasteiger partial charge in [-0.3, -0.25) is 14.5 Å². The predicted molar refractivity (Wildman–Crippen MR) is 141 cm³/mol. The van der Waals surface area contributed by atoms with Crippen molar-refractivity contribution in [3.8, 4) is 11.5 Å². The van der Waals surface area contributed by atoms with Crippen LogP contribution < -0.4 is 14.4 Å². The summed E-state index contributed by atoms with van der Waals surface area (Å²) in [6.07, 6.45) is 0. The number of Topliss-reactive ketones (excluding diaryl/α,β-unsaturated/α-hetero) is 1. The normalized spacial score (nSPS) is 17.1. The lowest BCUT2D eigenvalue weighted by molar-refractivity contribution is -0.132. The number of halogens is 1. The summed E-state index contributed by atoms with van der Waals surface area (Å²) in [5.41, 5.74) is 2.67. The van der Waals surface area contributed by atoms with Crippen molar-refractivity contribution in [2.45, 2.75) is 32.7 Å². The molecule has 1 saturated heterocycles. The Morgan fingerprint density at radius 3 is 2.28 bits per heavy atom. The highest BCUT2D eigenvalue weighted by Gasteiger charge is 2.47. The van der Waals surface area contributed by atoms with Crippen LogP contribution in [0.1, 0.15) is 49.4 Å². The van der Waals surface area contributed by atoms with Gasteiger partial charge in [-0.2, -0.15) is 0 Å². The molecule has 3 aromatic rings. The molecule has 186 valence electrons. The third kappa shape index (κ3) is 4.69. The van der Waals surface area contributed by atoms with Gasteiger partial charge in [-0.15, -0.1) is 0 Å². The van der Waals surface area contributed by atoms with E-state index in [1.165, 1.54) is 12.0 Å². The number of ketones is 1. The molecule has 4 rings (SSSR count). The topological polar surface area (TPSA) is 76.1 Å². The van der Waals surface area contributed by atoms with Gasteiger partial charge in [0.2, 0.25) is 0 Å². The van der Waals surface area contributed by atoms with Crippen LogP contribution in [0.2, 0.25) is 5.02 Å². The Balaban J connectivity index is 1.89. The molecule has 7 heteroatoms. The van der Waals surface area contributed by atoms with Crippen molar-refractivity contribution >= 4 is 34.7 Å². The van der Waals surface area contributed by atoms with E-state index in [1.807, 2.05) is 31.2 Å². The first-order chi connectivity index (χ1) is 17.3. The summed E-state index contributed by atoms with van der Waals surface area (Å²) >= 11 is 6.15. The van der Waals surface area contributed by atoms with Crippen molar-refractivity contribution in [2.24, 2.45) is 0 Å². The highest BCUT2D eigenvalue weighted by molar-refractivity contribution is 6.51. The van der Waals surface area contributed by atoms with E-state index in [2.05, 4.69) is 13.8 Å². The molecule has 0 saturated carbocycles. The molecule has 0 aromatic heterocycles. The molecule has 0 spiro atoms. The number of carbonyl (C=O) groups excluding carboxylic acids is 2. The van der Waals surface area contributed by atoms with Crippen LogP contribution in [-0.2, 0) is 9.59 Å². The number of nitrogens with zero attached hydrogens (tertiary/aromatic N) is 1. The molecule has 1 unspecified atom stereocenters. The van der Waals surface area contributed by atoms with E-state index < -0.39 is 17.7 Å². The lowest BCUT2D eigenvalue weighted by atomic mass is 9.93. The molecule has 1 fully saturated rings. The van der Waals surface area contributed by atoms with E-state index in [4.69, 9.17) is 21.1 Å². The Hall–Kier alpha value is -3.77. The van der Waals surface area contributed by atoms with E-state index in [0.29, 0.717) is 45.9 Å². The van der Waals surface area contributed by atoms with Gasteiger partial charge in [0, 0.05) is 11.3 Å². The van der Waals surface area contributed by atoms with Crippen molar-refractivity contribution in [1.82, 2.24) is 0 Å². The van der Waals surface area contributed by atoms with Crippen molar-refractivity contribution in [1.29, 1.82) is 0 Å². The van der Waals surface area contributed by atoms with E-state index in [1.54, 1.807) is 42.5 Å². The highest BCUT2D eigenvalue weighted by Crippen LogP contribution is 2.43. The van der Waals surface area contributed by atoms with E-state index in [9.17, 15) is 14.7 Å². The number of ether oxygens (including phenoxy) is 2. The number of carbonyl (C=O) groups is 2. The van der Waals surface area contributed by atoms with Crippen LogP contribution in [0.3, 0.4) is 0 Å². The van der Waals surface area contributed by atoms with Gasteiger partial charge in [-0.1, -0.05) is 49.7 Å². The number of rotatable bonds is 7. The Bertz CT molecular complexity index is 1310. The maximum Gasteiger partial charge on any atom is 0.300 e. The first-order valence-corrected chi connectivity index (χ1v) is 12.1. The summed E-state index contributed by atoms with van der Waals surface area (Å²) in [5.74, 6) is -0.469. The molecule has 36 heavy (non-hydrogen) atoms. The second kappa shape index (κ2) is 10.5. The molecular formula is C29H28ClNO5. The van der Waals surface area contributed by atoms with Crippen LogP contribution in [0.15, 0.2) is 72.3 Å². The Morgan fingerprint density at radius 2 is 1.69 bits per heavy atom. The van der Waals surface area contributed by atoms with Gasteiger partial charge in [0.05, 0.1) is 30.4 Å². The van der Waals surface area contributed by atoms with Crippen molar-refractivity contribution in [3.05, 3.63) is 94.0 Å². The van der Waals surface area contributed by atoms with Gasteiger partial charge in [0.25, 0.3) is 11.7 Å². The molecule has 1 amide bonds. The van der Waals surface area contributed by atoms with Gasteiger partial charge in [0.1, 0.15) is 17.3 Å². The quantitative estimate of drug-likeness (QED) is 0.225. The lowest BCUT2D eigenvalue weighted by Crippen LogP contribution is -2.29. The minimum atomic E-state index is -0.828.